The molecule has 2 aliphatic heterocycles. The molecule has 4 heteroatoms. The van der Waals surface area contributed by atoms with Gasteiger partial charge in [-0.1, -0.05) is 0 Å². The zero-order valence-corrected chi connectivity index (χ0v) is 10.1. The van der Waals surface area contributed by atoms with Gasteiger partial charge in [-0.2, -0.15) is 0 Å². The van der Waals surface area contributed by atoms with Crippen LogP contribution in [0.2, 0.25) is 0 Å². The van der Waals surface area contributed by atoms with E-state index in [1.165, 1.54) is 12.8 Å². The quantitative estimate of drug-likeness (QED) is 0.754. The third kappa shape index (κ3) is 1.43. The van der Waals surface area contributed by atoms with Gasteiger partial charge >= 0.3 is 6.03 Å². The molecule has 0 aromatic rings. The van der Waals surface area contributed by atoms with Crippen molar-refractivity contribution in [3.05, 3.63) is 0 Å². The van der Waals surface area contributed by atoms with Gasteiger partial charge in [0.05, 0.1) is 0 Å². The molecule has 16 heavy (non-hydrogen) atoms. The molecule has 2 saturated heterocycles. The fraction of sp³-hybridized carbons (Fsp3) is 0.917. The summed E-state index contributed by atoms with van der Waals surface area (Å²) in [4.78, 5) is 16.3. The van der Waals surface area contributed by atoms with Gasteiger partial charge in [-0.25, -0.2) is 4.79 Å². The Labute approximate surface area is 97.0 Å². The maximum atomic E-state index is 12.2. The van der Waals surface area contributed by atoms with Crippen LogP contribution in [0.25, 0.3) is 0 Å². The highest BCUT2D eigenvalue weighted by molar-refractivity contribution is 5.77. The van der Waals surface area contributed by atoms with Gasteiger partial charge in [0.15, 0.2) is 0 Å². The highest BCUT2D eigenvalue weighted by atomic mass is 16.2. The first-order valence-electron chi connectivity index (χ1n) is 6.47. The Morgan fingerprint density at radius 2 is 2.12 bits per heavy atom. The van der Waals surface area contributed by atoms with Gasteiger partial charge in [0.1, 0.15) is 0 Å². The van der Waals surface area contributed by atoms with E-state index in [-0.39, 0.29) is 6.03 Å². The smallest absolute Gasteiger partial charge is 0.320 e. The van der Waals surface area contributed by atoms with Crippen LogP contribution in [0.4, 0.5) is 4.79 Å². The summed E-state index contributed by atoms with van der Waals surface area (Å²) in [5.74, 6) is 0.816. The molecule has 3 unspecified atom stereocenters. The molecule has 3 fully saturated rings. The van der Waals surface area contributed by atoms with Crippen molar-refractivity contribution in [2.45, 2.75) is 44.8 Å². The molecule has 0 aromatic carbocycles. The lowest BCUT2D eigenvalue weighted by molar-refractivity contribution is 0.158. The van der Waals surface area contributed by atoms with Gasteiger partial charge in [0, 0.05) is 31.2 Å². The fourth-order valence-electron chi connectivity index (χ4n) is 3.53. The van der Waals surface area contributed by atoms with E-state index in [0.717, 1.165) is 25.6 Å². The fourth-order valence-corrected chi connectivity index (χ4v) is 3.53. The molecule has 2 amide bonds. The standard InChI is InChI=1S/C12H21N3O/c1-8(2)14-3-4-15(12(14)16)11-6-9-5-10(11)13-7-9/h8-11,13H,3-7H2,1-2H3. The van der Waals surface area contributed by atoms with Crippen LogP contribution in [0, 0.1) is 5.92 Å². The largest absolute Gasteiger partial charge is 0.320 e. The molecular formula is C12H21N3O. The van der Waals surface area contributed by atoms with Crippen LogP contribution in [0.3, 0.4) is 0 Å². The first-order chi connectivity index (χ1) is 7.66. The number of urea groups is 1. The summed E-state index contributed by atoms with van der Waals surface area (Å²) in [6.45, 7) is 7.19. The monoisotopic (exact) mass is 223 g/mol. The number of amides is 2. The molecule has 1 aliphatic carbocycles. The third-order valence-corrected chi connectivity index (χ3v) is 4.39. The predicted molar refractivity (Wildman–Crippen MR) is 62.2 cm³/mol. The maximum Gasteiger partial charge on any atom is 0.320 e. The van der Waals surface area contributed by atoms with Crippen molar-refractivity contribution >= 4 is 6.03 Å². The van der Waals surface area contributed by atoms with E-state index in [2.05, 4.69) is 24.1 Å². The molecule has 1 saturated carbocycles. The molecular weight excluding hydrogens is 202 g/mol. The molecule has 90 valence electrons. The van der Waals surface area contributed by atoms with Gasteiger partial charge in [0.2, 0.25) is 0 Å². The first-order valence-corrected chi connectivity index (χ1v) is 6.47. The van der Waals surface area contributed by atoms with E-state index in [1.807, 2.05) is 4.90 Å². The number of nitrogens with one attached hydrogen (secondary N) is 1. The second kappa shape index (κ2) is 3.62. The van der Waals surface area contributed by atoms with E-state index in [1.54, 1.807) is 0 Å². The van der Waals surface area contributed by atoms with Crippen LogP contribution in [0.1, 0.15) is 26.7 Å². The molecule has 2 bridgehead atoms. The van der Waals surface area contributed by atoms with Gasteiger partial charge in [-0.05, 0) is 39.2 Å². The van der Waals surface area contributed by atoms with Crippen molar-refractivity contribution < 1.29 is 4.79 Å². The Balaban J connectivity index is 1.71. The van der Waals surface area contributed by atoms with Crippen LogP contribution in [0.5, 0.6) is 0 Å². The van der Waals surface area contributed by atoms with Crippen LogP contribution < -0.4 is 5.32 Å². The minimum Gasteiger partial charge on any atom is -0.320 e. The second-order valence-electron chi connectivity index (χ2n) is 5.68. The first kappa shape index (κ1) is 10.4. The average molecular weight is 223 g/mol. The third-order valence-electron chi connectivity index (χ3n) is 4.39. The topological polar surface area (TPSA) is 35.6 Å². The summed E-state index contributed by atoms with van der Waals surface area (Å²) in [6.07, 6.45) is 2.49. The van der Waals surface area contributed by atoms with Crippen LogP contribution in [-0.4, -0.2) is 53.6 Å². The summed E-state index contributed by atoms with van der Waals surface area (Å²) in [6, 6.07) is 1.63. The number of hydrogen-bond donors (Lipinski definition) is 1. The summed E-state index contributed by atoms with van der Waals surface area (Å²) in [5, 5.41) is 3.54. The zero-order chi connectivity index (χ0) is 11.3. The number of nitrogens with zero attached hydrogens (tertiary/aromatic N) is 2. The van der Waals surface area contributed by atoms with Crippen LogP contribution in [-0.2, 0) is 0 Å². The summed E-state index contributed by atoms with van der Waals surface area (Å²) < 4.78 is 0. The van der Waals surface area contributed by atoms with E-state index >= 15 is 0 Å². The lowest BCUT2D eigenvalue weighted by atomic mass is 10.1. The number of piperidine rings is 1. The Morgan fingerprint density at radius 1 is 1.31 bits per heavy atom. The molecule has 0 radical (unpaired) electrons. The minimum absolute atomic E-state index is 0.259. The van der Waals surface area contributed by atoms with E-state index in [9.17, 15) is 4.79 Å². The zero-order valence-electron chi connectivity index (χ0n) is 10.1. The van der Waals surface area contributed by atoms with Gasteiger partial charge in [-0.15, -0.1) is 0 Å². The van der Waals surface area contributed by atoms with E-state index in [0.29, 0.717) is 18.1 Å². The van der Waals surface area contributed by atoms with Crippen molar-refractivity contribution in [2.24, 2.45) is 5.92 Å². The molecule has 3 rings (SSSR count). The summed E-state index contributed by atoms with van der Waals surface area (Å²) in [5.41, 5.74) is 0. The Kier molecular flexibility index (Phi) is 2.35. The van der Waals surface area contributed by atoms with Crippen molar-refractivity contribution in [1.82, 2.24) is 15.1 Å². The van der Waals surface area contributed by atoms with Crippen LogP contribution >= 0.6 is 0 Å². The highest BCUT2D eigenvalue weighted by Gasteiger charge is 2.46. The van der Waals surface area contributed by atoms with Crippen molar-refractivity contribution in [3.63, 3.8) is 0 Å². The molecule has 1 N–H and O–H groups in total. The number of fused-ring (bicyclic) bond motifs is 2. The number of rotatable bonds is 2. The van der Waals surface area contributed by atoms with E-state index < -0.39 is 0 Å². The average Bonchev–Trinajstić information content (AvgIpc) is 2.90. The van der Waals surface area contributed by atoms with Gasteiger partial charge in [-0.3, -0.25) is 0 Å². The number of carbonyl (C=O) groups is 1. The molecule has 4 nitrogen and oxygen atoms in total. The Hall–Kier alpha value is -0.770. The van der Waals surface area contributed by atoms with Gasteiger partial charge in [0.25, 0.3) is 0 Å². The number of carbonyl (C=O) groups excluding carboxylic acids is 1. The minimum atomic E-state index is 0.259. The maximum absolute atomic E-state index is 12.2. The van der Waals surface area contributed by atoms with Crippen molar-refractivity contribution in [1.29, 1.82) is 0 Å². The summed E-state index contributed by atoms with van der Waals surface area (Å²) in [7, 11) is 0. The molecule has 2 heterocycles. The Morgan fingerprint density at radius 3 is 2.62 bits per heavy atom. The normalized spacial score (nSPS) is 38.2. The Bertz CT molecular complexity index is 305. The molecule has 0 spiro atoms. The van der Waals surface area contributed by atoms with Crippen molar-refractivity contribution in [2.75, 3.05) is 19.6 Å². The molecule has 3 aliphatic rings. The number of hydrogen-bond acceptors (Lipinski definition) is 2. The van der Waals surface area contributed by atoms with Gasteiger partial charge < -0.3 is 15.1 Å². The lowest BCUT2D eigenvalue weighted by Gasteiger charge is -2.32. The molecule has 0 aromatic heterocycles. The highest BCUT2D eigenvalue weighted by Crippen LogP contribution is 2.35. The summed E-state index contributed by atoms with van der Waals surface area (Å²) >= 11 is 0. The second-order valence-corrected chi connectivity index (χ2v) is 5.68. The lowest BCUT2D eigenvalue weighted by Crippen LogP contribution is -2.50. The predicted octanol–water partition coefficient (Wildman–Crippen LogP) is 0.883. The van der Waals surface area contributed by atoms with Crippen molar-refractivity contribution in [3.8, 4) is 0 Å². The van der Waals surface area contributed by atoms with E-state index in [4.69, 9.17) is 0 Å². The van der Waals surface area contributed by atoms with Crippen LogP contribution in [0.15, 0.2) is 0 Å². The SMILES string of the molecule is CC(C)N1CCN(C2CC3CNC2C3)C1=O. The molecule has 3 atom stereocenters.